The fourth-order valence-corrected chi connectivity index (χ4v) is 3.60. The Morgan fingerprint density at radius 1 is 1.79 bits per heavy atom. The third-order valence-corrected chi connectivity index (χ3v) is 4.31. The number of carbonyl (C=O) groups excluding carboxylic acids is 1. The van der Waals surface area contributed by atoms with E-state index >= 15 is 0 Å². The van der Waals surface area contributed by atoms with E-state index in [2.05, 4.69) is 0 Å². The van der Waals surface area contributed by atoms with Crippen LogP contribution in [-0.4, -0.2) is 49.8 Å². The minimum Gasteiger partial charge on any atom is -0.480 e. The van der Waals surface area contributed by atoms with Crippen molar-refractivity contribution in [3.63, 3.8) is 0 Å². The minimum absolute atomic E-state index is 0.0549. The molecule has 2 fully saturated rings. The molecule has 2 heterocycles. The van der Waals surface area contributed by atoms with E-state index in [0.717, 1.165) is 0 Å². The van der Waals surface area contributed by atoms with Crippen LogP contribution in [-0.2, 0) is 9.59 Å². The van der Waals surface area contributed by atoms with Crippen molar-refractivity contribution < 1.29 is 19.8 Å². The second-order valence-electron chi connectivity index (χ2n) is 3.79. The van der Waals surface area contributed by atoms with Gasteiger partial charge in [-0.3, -0.25) is 4.79 Å². The van der Waals surface area contributed by atoms with Gasteiger partial charge in [0.2, 0.25) is 5.91 Å². The lowest BCUT2D eigenvalue weighted by Gasteiger charge is -2.36. The highest BCUT2D eigenvalue weighted by Gasteiger charge is 2.60. The van der Waals surface area contributed by atoms with Crippen molar-refractivity contribution >= 4 is 23.6 Å². The zero-order chi connectivity index (χ0) is 10.5. The van der Waals surface area contributed by atoms with E-state index in [0.29, 0.717) is 6.42 Å². The van der Waals surface area contributed by atoms with E-state index in [1.54, 1.807) is 6.92 Å². The van der Waals surface area contributed by atoms with Crippen LogP contribution in [0.25, 0.3) is 0 Å². The van der Waals surface area contributed by atoms with Crippen molar-refractivity contribution in [3.05, 3.63) is 0 Å². The molecule has 0 aromatic rings. The lowest BCUT2D eigenvalue weighted by molar-refractivity contribution is -0.157. The van der Waals surface area contributed by atoms with Crippen LogP contribution in [0.4, 0.5) is 0 Å². The van der Waals surface area contributed by atoms with Crippen molar-refractivity contribution in [1.29, 1.82) is 0 Å². The maximum Gasteiger partial charge on any atom is 0.328 e. The van der Waals surface area contributed by atoms with Crippen LogP contribution in [0.2, 0.25) is 0 Å². The Morgan fingerprint density at radius 3 is 2.86 bits per heavy atom. The highest BCUT2D eigenvalue weighted by molar-refractivity contribution is 8.01. The number of rotatable bonds is 2. The second kappa shape index (κ2) is 2.87. The average molecular weight is 217 g/mol. The van der Waals surface area contributed by atoms with E-state index < -0.39 is 16.8 Å². The molecule has 6 heteroatoms. The first-order valence-corrected chi connectivity index (χ1v) is 5.20. The first kappa shape index (κ1) is 9.79. The minimum atomic E-state index is -1.04. The average Bonchev–Trinajstić information content (AvgIpc) is 2.35. The van der Waals surface area contributed by atoms with E-state index in [1.807, 2.05) is 0 Å². The molecule has 0 radical (unpaired) electrons. The smallest absolute Gasteiger partial charge is 0.328 e. The van der Waals surface area contributed by atoms with Crippen molar-refractivity contribution in [1.82, 2.24) is 4.90 Å². The number of hydrogen-bond acceptors (Lipinski definition) is 4. The number of aliphatic hydroxyl groups is 1. The summed E-state index contributed by atoms with van der Waals surface area (Å²) in [5.74, 6) is -1.17. The summed E-state index contributed by atoms with van der Waals surface area (Å²) >= 11 is 1.38. The molecule has 1 amide bonds. The summed E-state index contributed by atoms with van der Waals surface area (Å²) < 4.78 is -0.761. The Hall–Kier alpha value is -0.750. The van der Waals surface area contributed by atoms with E-state index in [4.69, 9.17) is 5.11 Å². The zero-order valence-corrected chi connectivity index (χ0v) is 8.45. The molecule has 2 N–H and O–H groups in total. The number of hydrogen-bond donors (Lipinski definition) is 2. The lowest BCUT2D eigenvalue weighted by Crippen LogP contribution is -2.58. The van der Waals surface area contributed by atoms with Crippen molar-refractivity contribution in [2.75, 3.05) is 6.61 Å². The second-order valence-corrected chi connectivity index (χ2v) is 5.50. The normalized spacial score (nSPS) is 40.7. The Labute approximate surface area is 85.1 Å². The van der Waals surface area contributed by atoms with Crippen LogP contribution < -0.4 is 0 Å². The van der Waals surface area contributed by atoms with Crippen LogP contribution in [0, 0.1) is 0 Å². The monoisotopic (exact) mass is 217 g/mol. The van der Waals surface area contributed by atoms with Gasteiger partial charge in [0.1, 0.15) is 6.04 Å². The number of amides is 1. The molecule has 14 heavy (non-hydrogen) atoms. The first-order chi connectivity index (χ1) is 6.49. The fourth-order valence-electron chi connectivity index (χ4n) is 1.98. The Kier molecular flexibility index (Phi) is 2.01. The molecule has 2 rings (SSSR count). The van der Waals surface area contributed by atoms with Gasteiger partial charge in [-0.05, 0) is 6.92 Å². The molecule has 2 aliphatic rings. The standard InChI is InChI=1S/C8H11NO4S/c1-8(3-10)6(7(12)13)9-4(11)2-5(9)14-8/h5-6,10H,2-3H2,1H3,(H,12,13)/t5-,6+,8?/m1/s1. The lowest BCUT2D eigenvalue weighted by atomic mass is 9.97. The summed E-state index contributed by atoms with van der Waals surface area (Å²) in [6, 6.07) is -0.885. The number of nitrogens with zero attached hydrogens (tertiary/aromatic N) is 1. The van der Waals surface area contributed by atoms with Crippen LogP contribution in [0.15, 0.2) is 0 Å². The molecule has 2 saturated heterocycles. The van der Waals surface area contributed by atoms with Crippen LogP contribution in [0.5, 0.6) is 0 Å². The van der Waals surface area contributed by atoms with Gasteiger partial charge in [0.15, 0.2) is 0 Å². The highest BCUT2D eigenvalue weighted by Crippen LogP contribution is 2.50. The molecule has 0 aromatic heterocycles. The molecular formula is C8H11NO4S. The van der Waals surface area contributed by atoms with Gasteiger partial charge < -0.3 is 15.1 Å². The number of fused-ring (bicyclic) bond motifs is 1. The predicted octanol–water partition coefficient (Wildman–Crippen LogP) is -0.504. The van der Waals surface area contributed by atoms with Gasteiger partial charge in [-0.25, -0.2) is 4.79 Å². The quantitative estimate of drug-likeness (QED) is 0.609. The third-order valence-electron chi connectivity index (χ3n) is 2.76. The van der Waals surface area contributed by atoms with Gasteiger partial charge in [0.05, 0.1) is 23.1 Å². The molecular weight excluding hydrogens is 206 g/mol. The van der Waals surface area contributed by atoms with E-state index in [9.17, 15) is 14.7 Å². The molecule has 0 aromatic carbocycles. The predicted molar refractivity (Wildman–Crippen MR) is 49.8 cm³/mol. The summed E-state index contributed by atoms with van der Waals surface area (Å²) in [5, 5.41) is 18.1. The molecule has 3 atom stereocenters. The highest BCUT2D eigenvalue weighted by atomic mass is 32.2. The van der Waals surface area contributed by atoms with Gasteiger partial charge in [0.25, 0.3) is 0 Å². The summed E-state index contributed by atoms with van der Waals surface area (Å²) in [5.41, 5.74) is 0. The molecule has 78 valence electrons. The first-order valence-electron chi connectivity index (χ1n) is 4.32. The van der Waals surface area contributed by atoms with Crippen molar-refractivity contribution in [2.24, 2.45) is 0 Å². The van der Waals surface area contributed by atoms with Crippen LogP contribution in [0.1, 0.15) is 13.3 Å². The van der Waals surface area contributed by atoms with Gasteiger partial charge in [-0.1, -0.05) is 0 Å². The van der Waals surface area contributed by atoms with Crippen molar-refractivity contribution in [2.45, 2.75) is 29.5 Å². The molecule has 0 spiro atoms. The number of carbonyl (C=O) groups is 2. The van der Waals surface area contributed by atoms with Gasteiger partial charge in [-0.2, -0.15) is 0 Å². The Bertz CT molecular complexity index is 308. The van der Waals surface area contributed by atoms with Crippen molar-refractivity contribution in [3.8, 4) is 0 Å². The number of β-lactam (4-membered cyclic amide) rings is 1. The van der Waals surface area contributed by atoms with Crippen LogP contribution in [0.3, 0.4) is 0 Å². The maximum absolute atomic E-state index is 11.2. The van der Waals surface area contributed by atoms with E-state index in [1.165, 1.54) is 16.7 Å². The third kappa shape index (κ3) is 1.07. The molecule has 0 saturated carbocycles. The van der Waals surface area contributed by atoms with E-state index in [-0.39, 0.29) is 17.9 Å². The van der Waals surface area contributed by atoms with Crippen LogP contribution >= 0.6 is 11.8 Å². The number of carboxylic acid groups (broad SMARTS) is 1. The molecule has 1 unspecified atom stereocenters. The largest absolute Gasteiger partial charge is 0.480 e. The number of thioether (sulfide) groups is 1. The molecule has 2 aliphatic heterocycles. The van der Waals surface area contributed by atoms with Gasteiger partial charge in [0, 0.05) is 0 Å². The number of aliphatic carboxylic acids is 1. The van der Waals surface area contributed by atoms with Gasteiger partial charge >= 0.3 is 5.97 Å². The summed E-state index contributed by atoms with van der Waals surface area (Å²) in [4.78, 5) is 23.6. The Balaban J connectivity index is 2.31. The summed E-state index contributed by atoms with van der Waals surface area (Å²) in [6.45, 7) is 1.46. The summed E-state index contributed by atoms with van der Waals surface area (Å²) in [6.07, 6.45) is 0.393. The fraction of sp³-hybridized carbons (Fsp3) is 0.750. The molecule has 0 bridgehead atoms. The maximum atomic E-state index is 11.2. The Morgan fingerprint density at radius 2 is 2.43 bits per heavy atom. The topological polar surface area (TPSA) is 77.8 Å². The SMILES string of the molecule is CC1(CO)S[C@@H]2CC(=O)N2[C@H]1C(=O)O. The molecule has 0 aliphatic carbocycles. The number of carboxylic acids is 1. The number of aliphatic hydroxyl groups excluding tert-OH is 1. The zero-order valence-electron chi connectivity index (χ0n) is 7.64. The molecule has 5 nitrogen and oxygen atoms in total. The summed E-state index contributed by atoms with van der Waals surface area (Å²) in [7, 11) is 0. The van der Waals surface area contributed by atoms with Gasteiger partial charge in [-0.15, -0.1) is 11.8 Å².